The van der Waals surface area contributed by atoms with Crippen LogP contribution in [0.4, 0.5) is 16.2 Å². The molecule has 126 valence electrons. The molecule has 9 nitrogen and oxygen atoms in total. The van der Waals surface area contributed by atoms with E-state index in [1.165, 1.54) is 24.3 Å². The summed E-state index contributed by atoms with van der Waals surface area (Å²) in [6, 6.07) is 8.67. The van der Waals surface area contributed by atoms with Crippen molar-refractivity contribution < 1.29 is 28.2 Å². The van der Waals surface area contributed by atoms with E-state index in [0.29, 0.717) is 0 Å². The van der Waals surface area contributed by atoms with Crippen LogP contribution in [0, 0.1) is 0 Å². The molecular weight excluding hydrogens is 338 g/mol. The number of carboxylic acid groups (broad SMARTS) is 1. The van der Waals surface area contributed by atoms with Crippen LogP contribution in [-0.2, 0) is 10.0 Å². The molecule has 2 aromatic rings. The molecule has 0 radical (unpaired) electrons. The van der Waals surface area contributed by atoms with Gasteiger partial charge in [-0.3, -0.25) is 14.8 Å². The van der Waals surface area contributed by atoms with E-state index in [-0.39, 0.29) is 21.8 Å². The Morgan fingerprint density at radius 2 is 1.71 bits per heavy atom. The van der Waals surface area contributed by atoms with Crippen molar-refractivity contribution in [3.05, 3.63) is 48.0 Å². The van der Waals surface area contributed by atoms with Crippen molar-refractivity contribution in [3.8, 4) is 5.75 Å². The Balaban J connectivity index is 2.34. The van der Waals surface area contributed by atoms with Gasteiger partial charge in [-0.25, -0.2) is 13.2 Å². The van der Waals surface area contributed by atoms with Crippen molar-refractivity contribution in [1.82, 2.24) is 0 Å². The maximum absolute atomic E-state index is 12.3. The van der Waals surface area contributed by atoms with Crippen LogP contribution in [0.3, 0.4) is 0 Å². The molecule has 0 fully saturated rings. The summed E-state index contributed by atoms with van der Waals surface area (Å²) in [6.45, 7) is 0. The number of carbonyl (C=O) groups excluding carboxylic acids is 1. The van der Waals surface area contributed by atoms with E-state index in [2.05, 4.69) is 10.0 Å². The van der Waals surface area contributed by atoms with E-state index < -0.39 is 27.8 Å². The fourth-order valence-electron chi connectivity index (χ4n) is 1.88. The summed E-state index contributed by atoms with van der Waals surface area (Å²) in [5, 5.41) is 20.3. The van der Waals surface area contributed by atoms with Gasteiger partial charge in [-0.15, -0.1) is 0 Å². The number of phenols is 1. The van der Waals surface area contributed by atoms with E-state index >= 15 is 0 Å². The Morgan fingerprint density at radius 1 is 1.04 bits per heavy atom. The number of sulfonamides is 1. The van der Waals surface area contributed by atoms with Crippen molar-refractivity contribution in [3.63, 3.8) is 0 Å². The zero-order valence-electron chi connectivity index (χ0n) is 12.1. The summed E-state index contributed by atoms with van der Waals surface area (Å²) in [5.41, 5.74) is 5.01. The smallest absolute Gasteiger partial charge is 0.409 e. The lowest BCUT2D eigenvalue weighted by molar-refractivity contribution is 0.0997. The van der Waals surface area contributed by atoms with Gasteiger partial charge in [0.2, 0.25) is 0 Å². The first-order valence-corrected chi connectivity index (χ1v) is 7.93. The summed E-state index contributed by atoms with van der Waals surface area (Å²) >= 11 is 0. The lowest BCUT2D eigenvalue weighted by Crippen LogP contribution is -2.16. The molecule has 0 aliphatic carbocycles. The second kappa shape index (κ2) is 6.46. The van der Waals surface area contributed by atoms with Gasteiger partial charge in [0, 0.05) is 5.69 Å². The van der Waals surface area contributed by atoms with Gasteiger partial charge in [-0.1, -0.05) is 6.07 Å². The van der Waals surface area contributed by atoms with Crippen LogP contribution in [0.2, 0.25) is 0 Å². The molecule has 0 aromatic heterocycles. The highest BCUT2D eigenvalue weighted by atomic mass is 32.2. The summed E-state index contributed by atoms with van der Waals surface area (Å²) in [7, 11) is -4.08. The second-order valence-corrected chi connectivity index (χ2v) is 6.34. The number of benzene rings is 2. The minimum Gasteiger partial charge on any atom is -0.507 e. The van der Waals surface area contributed by atoms with Crippen LogP contribution in [0.1, 0.15) is 10.4 Å². The van der Waals surface area contributed by atoms with E-state index in [9.17, 15) is 23.1 Å². The highest BCUT2D eigenvalue weighted by molar-refractivity contribution is 7.92. The third-order valence-electron chi connectivity index (χ3n) is 2.91. The summed E-state index contributed by atoms with van der Waals surface area (Å²) in [6.07, 6.45) is -1.29. The van der Waals surface area contributed by atoms with Crippen molar-refractivity contribution in [2.45, 2.75) is 4.90 Å². The van der Waals surface area contributed by atoms with Gasteiger partial charge in [0.15, 0.2) is 0 Å². The normalized spacial score (nSPS) is 10.8. The zero-order chi connectivity index (χ0) is 17.9. The number of carbonyl (C=O) groups is 2. The molecule has 0 spiro atoms. The third-order valence-corrected chi connectivity index (χ3v) is 4.29. The highest BCUT2D eigenvalue weighted by Gasteiger charge is 2.18. The minimum atomic E-state index is -4.08. The quantitative estimate of drug-likeness (QED) is 0.547. The number of aromatic hydroxyl groups is 1. The van der Waals surface area contributed by atoms with E-state index in [4.69, 9.17) is 10.8 Å². The predicted molar refractivity (Wildman–Crippen MR) is 85.5 cm³/mol. The van der Waals surface area contributed by atoms with Crippen LogP contribution < -0.4 is 15.8 Å². The zero-order valence-corrected chi connectivity index (χ0v) is 12.9. The van der Waals surface area contributed by atoms with Crippen LogP contribution in [-0.4, -0.2) is 30.6 Å². The molecule has 0 bridgehead atoms. The fourth-order valence-corrected chi connectivity index (χ4v) is 2.95. The number of nitrogens with two attached hydrogens (primary N) is 1. The van der Waals surface area contributed by atoms with Crippen LogP contribution in [0.25, 0.3) is 0 Å². The Morgan fingerprint density at radius 3 is 2.33 bits per heavy atom. The number of amides is 2. The molecule has 2 rings (SSSR count). The standard InChI is InChI=1S/C14H13N3O6S/c15-13(19)11-7-10(4-5-12(11)18)24(22,23)17-9-3-1-2-8(6-9)16-14(20)21/h1-7,16-18H,(H2,15,19)(H,20,21). The average Bonchev–Trinajstić information content (AvgIpc) is 2.46. The van der Waals surface area contributed by atoms with Gasteiger partial charge >= 0.3 is 6.09 Å². The molecule has 0 aliphatic heterocycles. The van der Waals surface area contributed by atoms with Gasteiger partial charge in [0.25, 0.3) is 15.9 Å². The molecule has 10 heteroatoms. The lowest BCUT2D eigenvalue weighted by Gasteiger charge is -2.10. The second-order valence-electron chi connectivity index (χ2n) is 4.66. The van der Waals surface area contributed by atoms with Crippen LogP contribution >= 0.6 is 0 Å². The Labute approximate surface area is 136 Å². The van der Waals surface area contributed by atoms with Gasteiger partial charge in [-0.05, 0) is 36.4 Å². The number of nitrogens with one attached hydrogen (secondary N) is 2. The Hall–Kier alpha value is -3.27. The predicted octanol–water partition coefficient (Wildman–Crippen LogP) is 1.38. The topological polar surface area (TPSA) is 159 Å². The van der Waals surface area contributed by atoms with Crippen LogP contribution in [0.5, 0.6) is 5.75 Å². The minimum absolute atomic E-state index is 0.106. The van der Waals surface area contributed by atoms with Gasteiger partial charge in [-0.2, -0.15) is 0 Å². The Kier molecular flexibility index (Phi) is 4.60. The largest absolute Gasteiger partial charge is 0.507 e. The molecule has 0 atom stereocenters. The van der Waals surface area contributed by atoms with Gasteiger partial charge < -0.3 is 15.9 Å². The fraction of sp³-hybridized carbons (Fsp3) is 0. The highest BCUT2D eigenvalue weighted by Crippen LogP contribution is 2.24. The third kappa shape index (κ3) is 3.93. The molecular formula is C14H13N3O6S. The molecule has 0 saturated heterocycles. The maximum atomic E-state index is 12.3. The molecule has 0 saturated carbocycles. The summed E-state index contributed by atoms with van der Waals surface area (Å²) < 4.78 is 26.9. The van der Waals surface area contributed by atoms with E-state index in [0.717, 1.165) is 18.2 Å². The number of primary amides is 1. The molecule has 0 heterocycles. The van der Waals surface area contributed by atoms with Crippen molar-refractivity contribution in [1.29, 1.82) is 0 Å². The molecule has 0 aliphatic rings. The number of rotatable bonds is 5. The first-order chi connectivity index (χ1) is 11.2. The first-order valence-electron chi connectivity index (χ1n) is 6.45. The van der Waals surface area contributed by atoms with Gasteiger partial charge in [0.05, 0.1) is 16.1 Å². The SMILES string of the molecule is NC(=O)c1cc(S(=O)(=O)Nc2cccc(NC(=O)O)c2)ccc1O. The summed E-state index contributed by atoms with van der Waals surface area (Å²) in [5.74, 6) is -1.41. The molecule has 2 aromatic carbocycles. The van der Waals surface area contributed by atoms with Crippen LogP contribution in [0.15, 0.2) is 47.4 Å². The molecule has 2 amide bonds. The Bertz CT molecular complexity index is 910. The molecule has 0 unspecified atom stereocenters. The van der Waals surface area contributed by atoms with E-state index in [1.807, 2.05) is 0 Å². The summed E-state index contributed by atoms with van der Waals surface area (Å²) in [4.78, 5) is 21.5. The van der Waals surface area contributed by atoms with Crippen molar-refractivity contribution >= 4 is 33.4 Å². The number of hydrogen-bond donors (Lipinski definition) is 5. The molecule has 24 heavy (non-hydrogen) atoms. The number of anilines is 2. The maximum Gasteiger partial charge on any atom is 0.409 e. The first kappa shape index (κ1) is 17.1. The molecule has 6 N–H and O–H groups in total. The van der Waals surface area contributed by atoms with E-state index in [1.54, 1.807) is 0 Å². The van der Waals surface area contributed by atoms with Gasteiger partial charge in [0.1, 0.15) is 5.75 Å². The van der Waals surface area contributed by atoms with Crippen molar-refractivity contribution in [2.75, 3.05) is 10.0 Å². The monoisotopic (exact) mass is 351 g/mol. The average molecular weight is 351 g/mol. The van der Waals surface area contributed by atoms with Crippen molar-refractivity contribution in [2.24, 2.45) is 5.73 Å². The lowest BCUT2D eigenvalue weighted by atomic mass is 10.2. The number of hydrogen-bond acceptors (Lipinski definition) is 5.